The van der Waals surface area contributed by atoms with Gasteiger partial charge in [0.15, 0.2) is 0 Å². The van der Waals surface area contributed by atoms with Gasteiger partial charge in [0, 0.05) is 26.4 Å². The summed E-state index contributed by atoms with van der Waals surface area (Å²) in [5.41, 5.74) is 0. The standard InChI is InChI=1S/C13H14BrN3O2/c1-17(2)13-15-7-6-12(16-13)19-11-5-4-9(18-3)8-10(11)14/h4-8H,1-3H3. The minimum atomic E-state index is 0.490. The number of aromatic nitrogens is 2. The van der Waals surface area contributed by atoms with Crippen LogP contribution in [-0.2, 0) is 0 Å². The van der Waals surface area contributed by atoms with Crippen LogP contribution in [0.2, 0.25) is 0 Å². The van der Waals surface area contributed by atoms with Gasteiger partial charge in [-0.05, 0) is 34.1 Å². The predicted octanol–water partition coefficient (Wildman–Crippen LogP) is 3.11. The Morgan fingerprint density at radius 3 is 2.63 bits per heavy atom. The molecule has 19 heavy (non-hydrogen) atoms. The van der Waals surface area contributed by atoms with Gasteiger partial charge in [-0.1, -0.05) is 0 Å². The number of anilines is 1. The number of hydrogen-bond donors (Lipinski definition) is 0. The van der Waals surface area contributed by atoms with Gasteiger partial charge >= 0.3 is 0 Å². The first kappa shape index (κ1) is 13.6. The van der Waals surface area contributed by atoms with Gasteiger partial charge in [-0.3, -0.25) is 0 Å². The van der Waals surface area contributed by atoms with Crippen molar-refractivity contribution < 1.29 is 9.47 Å². The smallest absolute Gasteiger partial charge is 0.228 e. The fraction of sp³-hybridized carbons (Fsp3) is 0.231. The minimum absolute atomic E-state index is 0.490. The molecule has 1 heterocycles. The number of benzene rings is 1. The summed E-state index contributed by atoms with van der Waals surface area (Å²) in [7, 11) is 5.38. The Balaban J connectivity index is 2.23. The maximum absolute atomic E-state index is 5.72. The van der Waals surface area contributed by atoms with E-state index in [1.165, 1.54) is 0 Å². The monoisotopic (exact) mass is 323 g/mol. The van der Waals surface area contributed by atoms with Gasteiger partial charge in [-0.25, -0.2) is 4.98 Å². The number of halogens is 1. The summed E-state index contributed by atoms with van der Waals surface area (Å²) >= 11 is 3.43. The average molecular weight is 324 g/mol. The lowest BCUT2D eigenvalue weighted by molar-refractivity contribution is 0.411. The van der Waals surface area contributed by atoms with E-state index in [0.717, 1.165) is 10.2 Å². The van der Waals surface area contributed by atoms with E-state index >= 15 is 0 Å². The molecule has 6 heteroatoms. The van der Waals surface area contributed by atoms with E-state index in [2.05, 4.69) is 25.9 Å². The summed E-state index contributed by atoms with van der Waals surface area (Å²) in [4.78, 5) is 10.2. The van der Waals surface area contributed by atoms with E-state index in [9.17, 15) is 0 Å². The summed E-state index contributed by atoms with van der Waals surface area (Å²) in [5.74, 6) is 2.52. The molecule has 0 saturated heterocycles. The summed E-state index contributed by atoms with van der Waals surface area (Å²) in [6.45, 7) is 0. The van der Waals surface area contributed by atoms with Crippen LogP contribution >= 0.6 is 15.9 Å². The SMILES string of the molecule is COc1ccc(Oc2ccnc(N(C)C)n2)c(Br)c1. The highest BCUT2D eigenvalue weighted by molar-refractivity contribution is 9.10. The Hall–Kier alpha value is -1.82. The lowest BCUT2D eigenvalue weighted by atomic mass is 10.3. The molecule has 0 N–H and O–H groups in total. The van der Waals surface area contributed by atoms with Crippen molar-refractivity contribution in [3.05, 3.63) is 34.9 Å². The molecule has 0 atom stereocenters. The van der Waals surface area contributed by atoms with Crippen LogP contribution in [0.25, 0.3) is 0 Å². The van der Waals surface area contributed by atoms with Crippen LogP contribution in [0.15, 0.2) is 34.9 Å². The van der Waals surface area contributed by atoms with Gasteiger partial charge in [0.2, 0.25) is 11.8 Å². The summed E-state index contributed by atoms with van der Waals surface area (Å²) < 4.78 is 11.7. The molecule has 0 radical (unpaired) electrons. The molecular formula is C13H14BrN3O2. The molecule has 0 aliphatic rings. The fourth-order valence-corrected chi connectivity index (χ4v) is 1.85. The molecule has 0 aliphatic carbocycles. The second-order valence-electron chi connectivity index (χ2n) is 3.99. The van der Waals surface area contributed by atoms with E-state index in [1.807, 2.05) is 37.2 Å². The zero-order valence-corrected chi connectivity index (χ0v) is 12.5. The summed E-state index contributed by atoms with van der Waals surface area (Å²) in [5, 5.41) is 0. The van der Waals surface area contributed by atoms with Crippen molar-refractivity contribution >= 4 is 21.9 Å². The molecule has 100 valence electrons. The number of ether oxygens (including phenoxy) is 2. The van der Waals surface area contributed by atoms with Gasteiger partial charge in [0.05, 0.1) is 11.6 Å². The highest BCUT2D eigenvalue weighted by Crippen LogP contribution is 2.32. The molecule has 0 fully saturated rings. The van der Waals surface area contributed by atoms with Crippen molar-refractivity contribution in [3.8, 4) is 17.4 Å². The van der Waals surface area contributed by atoms with Crippen molar-refractivity contribution in [1.29, 1.82) is 0 Å². The molecule has 2 aromatic rings. The number of methoxy groups -OCH3 is 1. The molecule has 0 bridgehead atoms. The van der Waals surface area contributed by atoms with Crippen molar-refractivity contribution in [2.75, 3.05) is 26.1 Å². The molecule has 1 aromatic heterocycles. The largest absolute Gasteiger partial charge is 0.497 e. The lowest BCUT2D eigenvalue weighted by Gasteiger charge is -2.12. The third kappa shape index (κ3) is 3.35. The van der Waals surface area contributed by atoms with E-state index in [0.29, 0.717) is 17.6 Å². The quantitative estimate of drug-likeness (QED) is 0.865. The summed E-state index contributed by atoms with van der Waals surface area (Å²) in [6, 6.07) is 7.20. The molecule has 2 rings (SSSR count). The Labute approximate surface area is 120 Å². The van der Waals surface area contributed by atoms with Gasteiger partial charge in [0.25, 0.3) is 0 Å². The van der Waals surface area contributed by atoms with Gasteiger partial charge in [0.1, 0.15) is 11.5 Å². The third-order valence-electron chi connectivity index (χ3n) is 2.37. The Morgan fingerprint density at radius 2 is 2.00 bits per heavy atom. The lowest BCUT2D eigenvalue weighted by Crippen LogP contribution is -2.12. The van der Waals surface area contributed by atoms with E-state index in [4.69, 9.17) is 9.47 Å². The second kappa shape index (κ2) is 5.88. The highest BCUT2D eigenvalue weighted by Gasteiger charge is 2.07. The molecule has 0 aliphatic heterocycles. The predicted molar refractivity (Wildman–Crippen MR) is 77.1 cm³/mol. The molecule has 0 spiro atoms. The van der Waals surface area contributed by atoms with Crippen molar-refractivity contribution in [2.45, 2.75) is 0 Å². The van der Waals surface area contributed by atoms with Gasteiger partial charge in [-0.2, -0.15) is 4.98 Å². The van der Waals surface area contributed by atoms with Crippen LogP contribution in [0.1, 0.15) is 0 Å². The van der Waals surface area contributed by atoms with Crippen LogP contribution in [0.3, 0.4) is 0 Å². The zero-order chi connectivity index (χ0) is 13.8. The van der Waals surface area contributed by atoms with Crippen molar-refractivity contribution in [1.82, 2.24) is 9.97 Å². The highest BCUT2D eigenvalue weighted by atomic mass is 79.9. The number of rotatable bonds is 4. The Morgan fingerprint density at radius 1 is 1.21 bits per heavy atom. The van der Waals surface area contributed by atoms with Gasteiger partial charge in [-0.15, -0.1) is 0 Å². The second-order valence-corrected chi connectivity index (χ2v) is 4.84. The molecule has 0 unspecified atom stereocenters. The summed E-state index contributed by atoms with van der Waals surface area (Å²) in [6.07, 6.45) is 1.66. The van der Waals surface area contributed by atoms with Crippen LogP contribution in [0.5, 0.6) is 17.4 Å². The van der Waals surface area contributed by atoms with Crippen LogP contribution in [0.4, 0.5) is 5.95 Å². The van der Waals surface area contributed by atoms with Crippen LogP contribution < -0.4 is 14.4 Å². The van der Waals surface area contributed by atoms with Gasteiger partial charge < -0.3 is 14.4 Å². The Bertz CT molecular complexity index is 576. The normalized spacial score (nSPS) is 10.1. The maximum Gasteiger partial charge on any atom is 0.228 e. The van der Waals surface area contributed by atoms with E-state index < -0.39 is 0 Å². The molecule has 0 saturated carbocycles. The topological polar surface area (TPSA) is 47.5 Å². The molecule has 5 nitrogen and oxygen atoms in total. The van der Waals surface area contributed by atoms with E-state index in [1.54, 1.807) is 19.4 Å². The first-order valence-corrected chi connectivity index (χ1v) is 6.41. The minimum Gasteiger partial charge on any atom is -0.497 e. The molecule has 0 amide bonds. The maximum atomic E-state index is 5.72. The molecule has 1 aromatic carbocycles. The fourth-order valence-electron chi connectivity index (χ4n) is 1.41. The molecular weight excluding hydrogens is 310 g/mol. The van der Waals surface area contributed by atoms with Crippen LogP contribution in [0, 0.1) is 0 Å². The van der Waals surface area contributed by atoms with Crippen LogP contribution in [-0.4, -0.2) is 31.2 Å². The number of hydrogen-bond acceptors (Lipinski definition) is 5. The first-order valence-electron chi connectivity index (χ1n) is 5.62. The zero-order valence-electron chi connectivity index (χ0n) is 10.9. The average Bonchev–Trinajstić information content (AvgIpc) is 2.41. The third-order valence-corrected chi connectivity index (χ3v) is 2.99. The Kier molecular flexibility index (Phi) is 4.21. The van der Waals surface area contributed by atoms with Crippen molar-refractivity contribution in [3.63, 3.8) is 0 Å². The number of nitrogens with zero attached hydrogens (tertiary/aromatic N) is 3. The van der Waals surface area contributed by atoms with E-state index in [-0.39, 0.29) is 0 Å². The van der Waals surface area contributed by atoms with Crippen molar-refractivity contribution in [2.24, 2.45) is 0 Å². The first-order chi connectivity index (χ1) is 9.10.